The number of aryl methyl sites for hydroxylation is 3. The van der Waals surface area contributed by atoms with Crippen molar-refractivity contribution < 1.29 is 0 Å². The van der Waals surface area contributed by atoms with Gasteiger partial charge in [0.15, 0.2) is 0 Å². The van der Waals surface area contributed by atoms with Crippen LogP contribution in [0.5, 0.6) is 0 Å². The molecule has 0 fully saturated rings. The predicted octanol–water partition coefficient (Wildman–Crippen LogP) is 2.20. The molecule has 0 aliphatic heterocycles. The molecule has 0 aliphatic rings. The summed E-state index contributed by atoms with van der Waals surface area (Å²) >= 11 is 0. The molecule has 3 heteroatoms. The van der Waals surface area contributed by atoms with E-state index < -0.39 is 5.41 Å². The third kappa shape index (κ3) is 1.74. The minimum atomic E-state index is -0.560. The molecular weight excluding hydrogens is 174 g/mol. The zero-order chi connectivity index (χ0) is 10.9. The first-order chi connectivity index (χ1) is 6.38. The molecule has 0 unspecified atom stereocenters. The summed E-state index contributed by atoms with van der Waals surface area (Å²) in [6.45, 7) is 9.46. The molecule has 0 spiro atoms. The number of hydrogen-bond acceptors (Lipinski definition) is 3. The minimum Gasteiger partial charge on any atom is -0.255 e. The van der Waals surface area contributed by atoms with Gasteiger partial charge in [-0.1, -0.05) is 0 Å². The van der Waals surface area contributed by atoms with E-state index in [1.807, 2.05) is 34.6 Å². The van der Waals surface area contributed by atoms with Crippen molar-refractivity contribution in [1.82, 2.24) is 9.97 Å². The minimum absolute atomic E-state index is 0.560. The smallest absolute Gasteiger partial charge is 0.0955 e. The zero-order valence-corrected chi connectivity index (χ0v) is 9.34. The Morgan fingerprint density at radius 3 is 2.00 bits per heavy atom. The van der Waals surface area contributed by atoms with Crippen LogP contribution in [0.2, 0.25) is 0 Å². The van der Waals surface area contributed by atoms with E-state index in [-0.39, 0.29) is 0 Å². The van der Waals surface area contributed by atoms with Crippen molar-refractivity contribution in [3.8, 4) is 6.07 Å². The van der Waals surface area contributed by atoms with E-state index in [1.54, 1.807) is 0 Å². The molecule has 0 N–H and O–H groups in total. The van der Waals surface area contributed by atoms with Crippen LogP contribution in [-0.4, -0.2) is 9.97 Å². The van der Waals surface area contributed by atoms with Crippen LogP contribution in [0, 0.1) is 32.1 Å². The summed E-state index contributed by atoms with van der Waals surface area (Å²) in [4.78, 5) is 8.80. The van der Waals surface area contributed by atoms with Gasteiger partial charge in [-0.15, -0.1) is 0 Å². The molecular formula is C11H15N3. The Kier molecular flexibility index (Phi) is 2.57. The second-order valence-corrected chi connectivity index (χ2v) is 4.07. The first-order valence-corrected chi connectivity index (χ1v) is 4.62. The van der Waals surface area contributed by atoms with Gasteiger partial charge in [0.1, 0.15) is 0 Å². The Morgan fingerprint density at radius 2 is 1.50 bits per heavy atom. The molecule has 0 radical (unpaired) electrons. The third-order valence-electron chi connectivity index (χ3n) is 2.35. The highest BCUT2D eigenvalue weighted by molar-refractivity contribution is 5.29. The van der Waals surface area contributed by atoms with Gasteiger partial charge in [-0.2, -0.15) is 5.26 Å². The van der Waals surface area contributed by atoms with Crippen LogP contribution >= 0.6 is 0 Å². The molecule has 14 heavy (non-hydrogen) atoms. The molecule has 1 heterocycles. The summed E-state index contributed by atoms with van der Waals surface area (Å²) < 4.78 is 0. The quantitative estimate of drug-likeness (QED) is 0.680. The fraction of sp³-hybridized carbons (Fsp3) is 0.545. The van der Waals surface area contributed by atoms with E-state index in [4.69, 9.17) is 5.26 Å². The van der Waals surface area contributed by atoms with Crippen molar-refractivity contribution in [3.05, 3.63) is 22.8 Å². The van der Waals surface area contributed by atoms with E-state index in [9.17, 15) is 0 Å². The fourth-order valence-electron chi connectivity index (χ4n) is 1.36. The second-order valence-electron chi connectivity index (χ2n) is 4.07. The fourth-order valence-corrected chi connectivity index (χ4v) is 1.36. The van der Waals surface area contributed by atoms with E-state index in [0.29, 0.717) is 0 Å². The van der Waals surface area contributed by atoms with Gasteiger partial charge >= 0.3 is 0 Å². The summed E-state index contributed by atoms with van der Waals surface area (Å²) in [6.07, 6.45) is 0. The van der Waals surface area contributed by atoms with E-state index >= 15 is 0 Å². The van der Waals surface area contributed by atoms with Crippen LogP contribution in [0.25, 0.3) is 0 Å². The highest BCUT2D eigenvalue weighted by atomic mass is 14.8. The van der Waals surface area contributed by atoms with Crippen LogP contribution in [0.4, 0.5) is 0 Å². The zero-order valence-electron chi connectivity index (χ0n) is 9.34. The lowest BCUT2D eigenvalue weighted by Gasteiger charge is -2.17. The topological polar surface area (TPSA) is 49.6 Å². The second kappa shape index (κ2) is 3.38. The van der Waals surface area contributed by atoms with Gasteiger partial charge < -0.3 is 0 Å². The lowest BCUT2D eigenvalue weighted by Crippen LogP contribution is -2.20. The summed E-state index contributed by atoms with van der Waals surface area (Å²) in [5, 5.41) is 9.01. The number of nitrogens with zero attached hydrogens (tertiary/aromatic N) is 3. The SMILES string of the molecule is Cc1nc(C)c(C(C)(C)C#N)nc1C. The summed E-state index contributed by atoms with van der Waals surface area (Å²) in [5.74, 6) is 0. The molecule has 0 saturated heterocycles. The van der Waals surface area contributed by atoms with Gasteiger partial charge in [0, 0.05) is 0 Å². The molecule has 1 aromatic heterocycles. The summed E-state index contributed by atoms with van der Waals surface area (Å²) in [7, 11) is 0. The lowest BCUT2D eigenvalue weighted by atomic mass is 9.89. The van der Waals surface area contributed by atoms with Crippen molar-refractivity contribution in [2.75, 3.05) is 0 Å². The van der Waals surface area contributed by atoms with E-state index in [2.05, 4.69) is 16.0 Å². The van der Waals surface area contributed by atoms with Gasteiger partial charge in [-0.25, -0.2) is 0 Å². The van der Waals surface area contributed by atoms with Crippen LogP contribution < -0.4 is 0 Å². The maximum Gasteiger partial charge on any atom is 0.0955 e. The van der Waals surface area contributed by atoms with Crippen molar-refractivity contribution in [2.24, 2.45) is 0 Å². The molecule has 1 rings (SSSR count). The number of rotatable bonds is 1. The van der Waals surface area contributed by atoms with Gasteiger partial charge in [0.2, 0.25) is 0 Å². The maximum absolute atomic E-state index is 9.01. The van der Waals surface area contributed by atoms with Crippen LogP contribution in [0.15, 0.2) is 0 Å². The molecule has 0 saturated carbocycles. The lowest BCUT2D eigenvalue weighted by molar-refractivity contribution is 0.640. The molecule has 0 amide bonds. The molecule has 1 aromatic rings. The largest absolute Gasteiger partial charge is 0.255 e. The standard InChI is InChI=1S/C11H15N3/c1-7-8(2)14-10(9(3)13-7)11(4,5)6-12/h1-5H3. The number of aromatic nitrogens is 2. The summed E-state index contributed by atoms with van der Waals surface area (Å²) in [6, 6.07) is 2.24. The van der Waals surface area contributed by atoms with Crippen molar-refractivity contribution in [1.29, 1.82) is 5.26 Å². The number of nitriles is 1. The average molecular weight is 189 g/mol. The predicted molar refractivity (Wildman–Crippen MR) is 54.9 cm³/mol. The first-order valence-electron chi connectivity index (χ1n) is 4.62. The Bertz CT molecular complexity index is 400. The van der Waals surface area contributed by atoms with E-state index in [0.717, 1.165) is 22.8 Å². The van der Waals surface area contributed by atoms with Gasteiger partial charge in [0.25, 0.3) is 0 Å². The van der Waals surface area contributed by atoms with Crippen LogP contribution in [-0.2, 0) is 5.41 Å². The monoisotopic (exact) mass is 189 g/mol. The van der Waals surface area contributed by atoms with Crippen molar-refractivity contribution in [3.63, 3.8) is 0 Å². The van der Waals surface area contributed by atoms with Crippen molar-refractivity contribution in [2.45, 2.75) is 40.0 Å². The third-order valence-corrected chi connectivity index (χ3v) is 2.35. The number of hydrogen-bond donors (Lipinski definition) is 0. The first kappa shape index (κ1) is 10.6. The highest BCUT2D eigenvalue weighted by Crippen LogP contribution is 2.23. The Hall–Kier alpha value is -1.43. The molecule has 3 nitrogen and oxygen atoms in total. The van der Waals surface area contributed by atoms with Crippen molar-refractivity contribution >= 4 is 0 Å². The average Bonchev–Trinajstić information content (AvgIpc) is 2.11. The molecule has 0 bridgehead atoms. The molecule has 0 atom stereocenters. The molecule has 0 aromatic carbocycles. The van der Waals surface area contributed by atoms with E-state index in [1.165, 1.54) is 0 Å². The Balaban J connectivity index is 3.38. The Morgan fingerprint density at radius 1 is 1.00 bits per heavy atom. The molecule has 0 aliphatic carbocycles. The molecule has 74 valence electrons. The Labute approximate surface area is 84.8 Å². The van der Waals surface area contributed by atoms with Gasteiger partial charge in [0.05, 0.1) is 34.3 Å². The highest BCUT2D eigenvalue weighted by Gasteiger charge is 2.24. The van der Waals surface area contributed by atoms with Gasteiger partial charge in [-0.3, -0.25) is 9.97 Å². The van der Waals surface area contributed by atoms with Gasteiger partial charge in [-0.05, 0) is 34.6 Å². The maximum atomic E-state index is 9.01. The van der Waals surface area contributed by atoms with Crippen LogP contribution in [0.3, 0.4) is 0 Å². The van der Waals surface area contributed by atoms with Crippen LogP contribution in [0.1, 0.15) is 36.6 Å². The summed E-state index contributed by atoms with van der Waals surface area (Å²) in [5.41, 5.74) is 2.90. The normalized spacial score (nSPS) is 11.1.